The molecule has 24 heavy (non-hydrogen) atoms. The van der Waals surface area contributed by atoms with Crippen molar-refractivity contribution in [3.05, 3.63) is 77.7 Å². The van der Waals surface area contributed by atoms with Crippen LogP contribution in [0.25, 0.3) is 21.9 Å². The van der Waals surface area contributed by atoms with Crippen molar-refractivity contribution in [3.63, 3.8) is 0 Å². The first-order chi connectivity index (χ1) is 11.7. The minimum Gasteiger partial charge on any atom is -0.461 e. The maximum absolute atomic E-state index is 6.01. The standard InChI is InChI=1S/C22H21NO/c1-3-19-11-10-17-9-8-16(13-20(17)23-19)12-15(2)22-14-18-6-4-5-7-21(18)24-22/h4-11,13-15H,3,12H2,1-2H3. The van der Waals surface area contributed by atoms with Crippen molar-refractivity contribution >= 4 is 21.9 Å². The van der Waals surface area contributed by atoms with E-state index in [0.29, 0.717) is 5.92 Å². The largest absolute Gasteiger partial charge is 0.461 e. The number of aromatic nitrogens is 1. The van der Waals surface area contributed by atoms with Crippen LogP contribution in [-0.4, -0.2) is 4.98 Å². The van der Waals surface area contributed by atoms with Gasteiger partial charge in [0.05, 0.1) is 5.52 Å². The molecule has 0 N–H and O–H groups in total. The van der Waals surface area contributed by atoms with Crippen molar-refractivity contribution in [1.82, 2.24) is 4.98 Å². The third kappa shape index (κ3) is 2.80. The van der Waals surface area contributed by atoms with Crippen LogP contribution in [0.3, 0.4) is 0 Å². The highest BCUT2D eigenvalue weighted by molar-refractivity contribution is 5.79. The second-order valence-corrected chi connectivity index (χ2v) is 6.47. The lowest BCUT2D eigenvalue weighted by molar-refractivity contribution is 0.504. The number of para-hydroxylation sites is 1. The normalized spacial score (nSPS) is 12.8. The van der Waals surface area contributed by atoms with E-state index in [1.807, 2.05) is 18.2 Å². The number of rotatable bonds is 4. The Hall–Kier alpha value is -2.61. The molecule has 0 saturated heterocycles. The smallest absolute Gasteiger partial charge is 0.134 e. The summed E-state index contributed by atoms with van der Waals surface area (Å²) in [4.78, 5) is 4.75. The Morgan fingerprint density at radius 3 is 2.62 bits per heavy atom. The minimum absolute atomic E-state index is 0.337. The van der Waals surface area contributed by atoms with Crippen molar-refractivity contribution in [2.24, 2.45) is 0 Å². The average molecular weight is 315 g/mol. The van der Waals surface area contributed by atoms with Gasteiger partial charge in [0.15, 0.2) is 0 Å². The molecule has 0 saturated carbocycles. The van der Waals surface area contributed by atoms with E-state index in [1.54, 1.807) is 0 Å². The van der Waals surface area contributed by atoms with E-state index in [0.717, 1.165) is 35.4 Å². The first-order valence-corrected chi connectivity index (χ1v) is 8.60. The zero-order valence-corrected chi connectivity index (χ0v) is 14.1. The fourth-order valence-electron chi connectivity index (χ4n) is 3.23. The summed E-state index contributed by atoms with van der Waals surface area (Å²) in [6.45, 7) is 4.36. The molecule has 0 aliphatic rings. The average Bonchev–Trinajstić information content (AvgIpc) is 3.05. The molecule has 4 rings (SSSR count). The van der Waals surface area contributed by atoms with E-state index >= 15 is 0 Å². The van der Waals surface area contributed by atoms with Gasteiger partial charge >= 0.3 is 0 Å². The van der Waals surface area contributed by atoms with Gasteiger partial charge in [0.2, 0.25) is 0 Å². The number of hydrogen-bond acceptors (Lipinski definition) is 2. The van der Waals surface area contributed by atoms with Gasteiger partial charge in [-0.2, -0.15) is 0 Å². The van der Waals surface area contributed by atoms with Crippen LogP contribution in [0.5, 0.6) is 0 Å². The Kier molecular flexibility index (Phi) is 3.81. The molecule has 0 fully saturated rings. The number of benzene rings is 2. The van der Waals surface area contributed by atoms with E-state index in [9.17, 15) is 0 Å². The Bertz CT molecular complexity index is 966. The second-order valence-electron chi connectivity index (χ2n) is 6.47. The van der Waals surface area contributed by atoms with Crippen LogP contribution in [0.1, 0.15) is 36.8 Å². The summed E-state index contributed by atoms with van der Waals surface area (Å²) in [5.74, 6) is 1.38. The summed E-state index contributed by atoms with van der Waals surface area (Å²) in [6, 6.07) is 21.2. The molecule has 0 radical (unpaired) electrons. The van der Waals surface area contributed by atoms with Gasteiger partial charge in [0.1, 0.15) is 11.3 Å². The third-order valence-corrected chi connectivity index (χ3v) is 4.65. The predicted octanol–water partition coefficient (Wildman–Crippen LogP) is 5.89. The molecule has 2 heteroatoms. The molecule has 0 aliphatic heterocycles. The van der Waals surface area contributed by atoms with Crippen LogP contribution in [0.2, 0.25) is 0 Å². The lowest BCUT2D eigenvalue weighted by Gasteiger charge is -2.09. The van der Waals surface area contributed by atoms with Crippen LogP contribution in [-0.2, 0) is 12.8 Å². The summed E-state index contributed by atoms with van der Waals surface area (Å²) in [5, 5.41) is 2.37. The summed E-state index contributed by atoms with van der Waals surface area (Å²) >= 11 is 0. The van der Waals surface area contributed by atoms with Crippen LogP contribution < -0.4 is 0 Å². The van der Waals surface area contributed by atoms with E-state index < -0.39 is 0 Å². The van der Waals surface area contributed by atoms with Crippen LogP contribution in [0, 0.1) is 0 Å². The topological polar surface area (TPSA) is 26.0 Å². The molecule has 2 aromatic carbocycles. The number of aryl methyl sites for hydroxylation is 1. The third-order valence-electron chi connectivity index (χ3n) is 4.65. The molecule has 1 atom stereocenters. The fraction of sp³-hybridized carbons (Fsp3) is 0.227. The van der Waals surface area contributed by atoms with Crippen LogP contribution in [0.4, 0.5) is 0 Å². The molecule has 2 nitrogen and oxygen atoms in total. The Labute approximate surface area is 142 Å². The molecular formula is C22H21NO. The molecule has 2 heterocycles. The van der Waals surface area contributed by atoms with Gasteiger partial charge < -0.3 is 4.42 Å². The van der Waals surface area contributed by atoms with Crippen LogP contribution >= 0.6 is 0 Å². The highest BCUT2D eigenvalue weighted by Gasteiger charge is 2.12. The van der Waals surface area contributed by atoms with Crippen molar-refractivity contribution in [2.75, 3.05) is 0 Å². The van der Waals surface area contributed by atoms with Gasteiger partial charge in [-0.1, -0.05) is 50.2 Å². The van der Waals surface area contributed by atoms with Gasteiger partial charge in [-0.25, -0.2) is 0 Å². The number of nitrogens with zero attached hydrogens (tertiary/aromatic N) is 1. The Morgan fingerprint density at radius 1 is 0.958 bits per heavy atom. The van der Waals surface area contributed by atoms with Crippen molar-refractivity contribution < 1.29 is 4.42 Å². The van der Waals surface area contributed by atoms with E-state index in [1.165, 1.54) is 16.3 Å². The van der Waals surface area contributed by atoms with E-state index in [-0.39, 0.29) is 0 Å². The molecule has 120 valence electrons. The van der Waals surface area contributed by atoms with Gasteiger partial charge in [-0.05, 0) is 42.7 Å². The first kappa shape index (κ1) is 14.9. The first-order valence-electron chi connectivity index (χ1n) is 8.60. The maximum atomic E-state index is 6.01. The summed E-state index contributed by atoms with van der Waals surface area (Å²) in [7, 11) is 0. The zero-order chi connectivity index (χ0) is 16.5. The highest BCUT2D eigenvalue weighted by atomic mass is 16.3. The monoisotopic (exact) mass is 315 g/mol. The number of furan rings is 1. The lowest BCUT2D eigenvalue weighted by atomic mass is 9.97. The zero-order valence-electron chi connectivity index (χ0n) is 14.1. The Morgan fingerprint density at radius 2 is 1.79 bits per heavy atom. The van der Waals surface area contributed by atoms with Crippen molar-refractivity contribution in [2.45, 2.75) is 32.6 Å². The fourth-order valence-corrected chi connectivity index (χ4v) is 3.23. The molecule has 4 aromatic rings. The number of pyridine rings is 1. The summed E-state index contributed by atoms with van der Waals surface area (Å²) in [6.07, 6.45) is 1.92. The molecule has 2 aromatic heterocycles. The number of hydrogen-bond donors (Lipinski definition) is 0. The van der Waals surface area contributed by atoms with Gasteiger partial charge in [-0.3, -0.25) is 4.98 Å². The van der Waals surface area contributed by atoms with Crippen molar-refractivity contribution in [1.29, 1.82) is 0 Å². The molecule has 0 spiro atoms. The Balaban J connectivity index is 1.62. The van der Waals surface area contributed by atoms with Gasteiger partial charge in [0.25, 0.3) is 0 Å². The summed E-state index contributed by atoms with van der Waals surface area (Å²) in [5.41, 5.74) is 4.50. The predicted molar refractivity (Wildman–Crippen MR) is 99.5 cm³/mol. The molecule has 1 unspecified atom stereocenters. The molecule has 0 amide bonds. The quantitative estimate of drug-likeness (QED) is 0.469. The SMILES string of the molecule is CCc1ccc2ccc(CC(C)c3cc4ccccc4o3)cc2n1. The minimum atomic E-state index is 0.337. The molecule has 0 bridgehead atoms. The number of fused-ring (bicyclic) bond motifs is 2. The lowest BCUT2D eigenvalue weighted by Crippen LogP contribution is -1.97. The molecule has 0 aliphatic carbocycles. The van der Waals surface area contributed by atoms with E-state index in [2.05, 4.69) is 56.3 Å². The van der Waals surface area contributed by atoms with E-state index in [4.69, 9.17) is 9.40 Å². The second kappa shape index (κ2) is 6.12. The summed E-state index contributed by atoms with van der Waals surface area (Å²) < 4.78 is 6.01. The van der Waals surface area contributed by atoms with Crippen LogP contribution in [0.15, 0.2) is 65.1 Å². The molecular weight excluding hydrogens is 294 g/mol. The highest BCUT2D eigenvalue weighted by Crippen LogP contribution is 2.28. The van der Waals surface area contributed by atoms with Crippen molar-refractivity contribution in [3.8, 4) is 0 Å². The van der Waals surface area contributed by atoms with Gasteiger partial charge in [-0.15, -0.1) is 0 Å². The maximum Gasteiger partial charge on any atom is 0.134 e. The van der Waals surface area contributed by atoms with Gasteiger partial charge in [0, 0.05) is 22.4 Å².